The number of benzene rings is 1. The summed E-state index contributed by atoms with van der Waals surface area (Å²) < 4.78 is 10.5. The number of amides is 2. The molecule has 2 heterocycles. The number of rotatable bonds is 10. The van der Waals surface area contributed by atoms with Crippen molar-refractivity contribution in [2.45, 2.75) is 39.5 Å². The van der Waals surface area contributed by atoms with Crippen molar-refractivity contribution in [2.75, 3.05) is 47.4 Å². The largest absolute Gasteiger partial charge is 0.497 e. The summed E-state index contributed by atoms with van der Waals surface area (Å²) in [6.07, 6.45) is 2.07. The molecule has 0 spiro atoms. The second-order valence-electron chi connectivity index (χ2n) is 10.0. The maximum Gasteiger partial charge on any atom is 0.227 e. The van der Waals surface area contributed by atoms with Crippen molar-refractivity contribution < 1.29 is 18.8 Å². The fourth-order valence-corrected chi connectivity index (χ4v) is 4.36. The number of hydrogen-bond acceptors (Lipinski definition) is 7. The second-order valence-corrected chi connectivity index (χ2v) is 10.0. The lowest BCUT2D eigenvalue weighted by atomic mass is 9.91. The van der Waals surface area contributed by atoms with Crippen LogP contribution < -0.4 is 10.1 Å². The van der Waals surface area contributed by atoms with Crippen molar-refractivity contribution in [1.29, 1.82) is 0 Å². The molecule has 34 heavy (non-hydrogen) atoms. The van der Waals surface area contributed by atoms with Gasteiger partial charge in [-0.2, -0.15) is 4.98 Å². The number of methoxy groups -OCH3 is 1. The molecule has 0 atom stereocenters. The summed E-state index contributed by atoms with van der Waals surface area (Å²) in [6, 6.07) is 7.40. The van der Waals surface area contributed by atoms with Gasteiger partial charge in [0.25, 0.3) is 0 Å². The van der Waals surface area contributed by atoms with Crippen LogP contribution >= 0.6 is 0 Å². The lowest BCUT2D eigenvalue weighted by molar-refractivity contribution is -0.135. The SMILES string of the molecule is COc1ccc(-c2noc(CCC(=O)N3CCC(C(=O)NCC(C)(C)CN(C)C)CC3)n2)cc1. The summed E-state index contributed by atoms with van der Waals surface area (Å²) in [6.45, 7) is 7.04. The quantitative estimate of drug-likeness (QED) is 0.568. The summed E-state index contributed by atoms with van der Waals surface area (Å²) in [5, 5.41) is 7.12. The molecule has 2 aromatic rings. The predicted octanol–water partition coefficient (Wildman–Crippen LogP) is 2.62. The molecule has 0 bridgehead atoms. The fourth-order valence-electron chi connectivity index (χ4n) is 4.36. The predicted molar refractivity (Wildman–Crippen MR) is 129 cm³/mol. The summed E-state index contributed by atoms with van der Waals surface area (Å²) in [4.78, 5) is 33.6. The van der Waals surface area contributed by atoms with Crippen LogP contribution in [0.4, 0.5) is 0 Å². The standard InChI is InChI=1S/C25H37N5O4/c1-25(2,17-29(3)4)16-26-24(32)19-12-14-30(15-13-19)22(31)11-10-21-27-23(28-34-21)18-6-8-20(33-5)9-7-18/h6-9,19H,10-17H2,1-5H3,(H,26,32). The van der Waals surface area contributed by atoms with Gasteiger partial charge in [0.1, 0.15) is 5.75 Å². The molecule has 1 saturated heterocycles. The van der Waals surface area contributed by atoms with Gasteiger partial charge in [-0.1, -0.05) is 19.0 Å². The zero-order valence-electron chi connectivity index (χ0n) is 21.0. The molecule has 1 aliphatic heterocycles. The number of aromatic nitrogens is 2. The van der Waals surface area contributed by atoms with Crippen molar-refractivity contribution in [3.63, 3.8) is 0 Å². The first-order valence-electron chi connectivity index (χ1n) is 11.8. The van der Waals surface area contributed by atoms with Crippen LogP contribution in [0.15, 0.2) is 28.8 Å². The molecule has 3 rings (SSSR count). The van der Waals surface area contributed by atoms with E-state index in [0.717, 1.165) is 17.9 Å². The molecule has 0 unspecified atom stereocenters. The van der Waals surface area contributed by atoms with E-state index in [1.54, 1.807) is 7.11 Å². The average Bonchev–Trinajstić information content (AvgIpc) is 3.29. The number of likely N-dealkylation sites (tertiary alicyclic amines) is 1. The highest BCUT2D eigenvalue weighted by Gasteiger charge is 2.29. The van der Waals surface area contributed by atoms with Crippen molar-refractivity contribution >= 4 is 11.8 Å². The van der Waals surface area contributed by atoms with Gasteiger partial charge in [0.05, 0.1) is 7.11 Å². The van der Waals surface area contributed by atoms with Crippen molar-refractivity contribution in [3.05, 3.63) is 30.2 Å². The van der Waals surface area contributed by atoms with E-state index >= 15 is 0 Å². The molecule has 9 nitrogen and oxygen atoms in total. The van der Waals surface area contributed by atoms with E-state index < -0.39 is 0 Å². The van der Waals surface area contributed by atoms with E-state index in [9.17, 15) is 9.59 Å². The van der Waals surface area contributed by atoms with Gasteiger partial charge < -0.3 is 24.4 Å². The van der Waals surface area contributed by atoms with E-state index in [1.165, 1.54) is 0 Å². The first-order chi connectivity index (χ1) is 16.2. The molecule has 0 radical (unpaired) electrons. The van der Waals surface area contributed by atoms with Crippen LogP contribution in [0.25, 0.3) is 11.4 Å². The normalized spacial score (nSPS) is 14.9. The number of hydrogen-bond donors (Lipinski definition) is 1. The molecule has 0 aliphatic carbocycles. The molecule has 1 aromatic carbocycles. The summed E-state index contributed by atoms with van der Waals surface area (Å²) in [5.41, 5.74) is 0.838. The third-order valence-electron chi connectivity index (χ3n) is 6.07. The van der Waals surface area contributed by atoms with Gasteiger partial charge in [-0.3, -0.25) is 9.59 Å². The third kappa shape index (κ3) is 7.28. The van der Waals surface area contributed by atoms with Crippen LogP contribution in [0, 0.1) is 11.3 Å². The molecular weight excluding hydrogens is 434 g/mol. The van der Waals surface area contributed by atoms with Crippen molar-refractivity contribution in [3.8, 4) is 17.1 Å². The Morgan fingerprint density at radius 2 is 1.88 bits per heavy atom. The Hall–Kier alpha value is -2.94. The third-order valence-corrected chi connectivity index (χ3v) is 6.07. The van der Waals surface area contributed by atoms with E-state index in [0.29, 0.717) is 57.0 Å². The number of nitrogens with one attached hydrogen (secondary N) is 1. The summed E-state index contributed by atoms with van der Waals surface area (Å²) in [7, 11) is 5.69. The molecule has 1 N–H and O–H groups in total. The van der Waals surface area contributed by atoms with E-state index in [4.69, 9.17) is 9.26 Å². The Morgan fingerprint density at radius 1 is 1.21 bits per heavy atom. The number of nitrogens with zero attached hydrogens (tertiary/aromatic N) is 4. The Kier molecular flexibility index (Phi) is 8.66. The highest BCUT2D eigenvalue weighted by Crippen LogP contribution is 2.22. The highest BCUT2D eigenvalue weighted by atomic mass is 16.5. The number of piperidine rings is 1. The molecule has 2 amide bonds. The Labute approximate surface area is 201 Å². The molecule has 186 valence electrons. The zero-order chi connectivity index (χ0) is 24.7. The summed E-state index contributed by atoms with van der Waals surface area (Å²) in [5.74, 6) is 1.79. The first kappa shape index (κ1) is 25.7. The van der Waals surface area contributed by atoms with Crippen molar-refractivity contribution in [2.24, 2.45) is 11.3 Å². The topological polar surface area (TPSA) is 101 Å². The monoisotopic (exact) mass is 471 g/mol. The lowest BCUT2D eigenvalue weighted by Crippen LogP contribution is -2.46. The highest BCUT2D eigenvalue weighted by molar-refractivity contribution is 5.80. The zero-order valence-corrected chi connectivity index (χ0v) is 21.0. The lowest BCUT2D eigenvalue weighted by Gasteiger charge is -2.33. The first-order valence-corrected chi connectivity index (χ1v) is 11.8. The number of carbonyl (C=O) groups is 2. The molecule has 1 fully saturated rings. The van der Waals surface area contributed by atoms with E-state index in [-0.39, 0.29) is 23.1 Å². The van der Waals surface area contributed by atoms with Crippen molar-refractivity contribution in [1.82, 2.24) is 25.3 Å². The van der Waals surface area contributed by atoms with E-state index in [1.807, 2.05) is 43.3 Å². The van der Waals surface area contributed by atoms with Crippen LogP contribution in [-0.2, 0) is 16.0 Å². The van der Waals surface area contributed by atoms with Crippen LogP contribution in [-0.4, -0.2) is 79.1 Å². The van der Waals surface area contributed by atoms with Gasteiger partial charge in [0, 0.05) is 50.5 Å². The average molecular weight is 472 g/mol. The maximum atomic E-state index is 12.7. The molecule has 9 heteroatoms. The number of carbonyl (C=O) groups excluding carboxylic acids is 2. The summed E-state index contributed by atoms with van der Waals surface area (Å²) >= 11 is 0. The van der Waals surface area contributed by atoms with Crippen LogP contribution in [0.5, 0.6) is 5.75 Å². The fraction of sp³-hybridized carbons (Fsp3) is 0.600. The van der Waals surface area contributed by atoms with Gasteiger partial charge in [-0.05, 0) is 56.6 Å². The second kappa shape index (κ2) is 11.5. The smallest absolute Gasteiger partial charge is 0.227 e. The van der Waals surface area contributed by atoms with E-state index in [2.05, 4.69) is 34.2 Å². The van der Waals surface area contributed by atoms with Gasteiger partial charge in [0.15, 0.2) is 0 Å². The van der Waals surface area contributed by atoms with Crippen LogP contribution in [0.1, 0.15) is 39.0 Å². The Balaban J connectivity index is 1.41. The minimum atomic E-state index is -0.0396. The molecule has 1 aliphatic rings. The number of ether oxygens (including phenoxy) is 1. The minimum Gasteiger partial charge on any atom is -0.497 e. The molecule has 0 saturated carbocycles. The van der Waals surface area contributed by atoms with Gasteiger partial charge in [0.2, 0.25) is 23.5 Å². The van der Waals surface area contributed by atoms with Crippen LogP contribution in [0.2, 0.25) is 0 Å². The molecular formula is C25H37N5O4. The Bertz CT molecular complexity index is 946. The number of aryl methyl sites for hydroxylation is 1. The van der Waals surface area contributed by atoms with Gasteiger partial charge >= 0.3 is 0 Å². The van der Waals surface area contributed by atoms with Gasteiger partial charge in [-0.25, -0.2) is 0 Å². The molecule has 1 aromatic heterocycles. The Morgan fingerprint density at radius 3 is 2.50 bits per heavy atom. The minimum absolute atomic E-state index is 0.0117. The van der Waals surface area contributed by atoms with Gasteiger partial charge in [-0.15, -0.1) is 0 Å². The van der Waals surface area contributed by atoms with Crippen LogP contribution in [0.3, 0.4) is 0 Å². The maximum absolute atomic E-state index is 12.7.